The lowest BCUT2D eigenvalue weighted by Gasteiger charge is -2.09. The van der Waals surface area contributed by atoms with Gasteiger partial charge in [-0.15, -0.1) is 0 Å². The summed E-state index contributed by atoms with van der Waals surface area (Å²) in [6.07, 6.45) is 3.68. The van der Waals surface area contributed by atoms with Crippen LogP contribution in [0.3, 0.4) is 0 Å². The number of nitrogens with zero attached hydrogens (tertiary/aromatic N) is 1. The van der Waals surface area contributed by atoms with E-state index in [0.29, 0.717) is 17.1 Å². The lowest BCUT2D eigenvalue weighted by atomic mass is 10.0. The lowest BCUT2D eigenvalue weighted by Crippen LogP contribution is -2.08. The molecule has 0 bridgehead atoms. The van der Waals surface area contributed by atoms with Gasteiger partial charge in [-0.25, -0.2) is 0 Å². The van der Waals surface area contributed by atoms with Gasteiger partial charge < -0.3 is 0 Å². The van der Waals surface area contributed by atoms with Crippen LogP contribution in [-0.4, -0.2) is 10.8 Å². The summed E-state index contributed by atoms with van der Waals surface area (Å²) in [6, 6.07) is 3.58. The quantitative estimate of drug-likeness (QED) is 0.612. The molecule has 0 saturated heterocycles. The molecule has 1 aliphatic carbocycles. The van der Waals surface area contributed by atoms with E-state index in [-0.39, 0.29) is 5.78 Å². The highest BCUT2D eigenvalue weighted by Crippen LogP contribution is 2.27. The van der Waals surface area contributed by atoms with Gasteiger partial charge in [0.05, 0.1) is 0 Å². The number of ketones is 1. The van der Waals surface area contributed by atoms with Crippen molar-refractivity contribution in [2.24, 2.45) is 0 Å². The zero-order valence-corrected chi connectivity index (χ0v) is 7.01. The fourth-order valence-electron chi connectivity index (χ4n) is 1.21. The van der Waals surface area contributed by atoms with Crippen molar-refractivity contribution >= 4 is 22.4 Å². The molecule has 1 aromatic rings. The van der Waals surface area contributed by atoms with E-state index in [1.807, 2.05) is 0 Å². The van der Waals surface area contributed by atoms with Crippen LogP contribution in [0.25, 0.3) is 5.03 Å². The molecule has 2 rings (SSSR count). The molecule has 0 aromatic carbocycles. The average Bonchev–Trinajstić information content (AvgIpc) is 2.12. The highest BCUT2D eigenvalue weighted by atomic mass is 35.5. The van der Waals surface area contributed by atoms with Crippen molar-refractivity contribution in [2.75, 3.05) is 0 Å². The maximum absolute atomic E-state index is 11.3. The third kappa shape index (κ3) is 1.04. The summed E-state index contributed by atoms with van der Waals surface area (Å²) in [6.45, 7) is 0. The monoisotopic (exact) mass is 179 g/mol. The van der Waals surface area contributed by atoms with E-state index >= 15 is 0 Å². The molecule has 0 unspecified atom stereocenters. The van der Waals surface area contributed by atoms with E-state index in [0.717, 1.165) is 5.56 Å². The Hall–Kier alpha value is -1.15. The minimum atomic E-state index is 0.0370. The molecule has 0 spiro atoms. The van der Waals surface area contributed by atoms with E-state index < -0.39 is 0 Å². The van der Waals surface area contributed by atoms with Gasteiger partial charge in [-0.3, -0.25) is 9.78 Å². The van der Waals surface area contributed by atoms with Crippen LogP contribution < -0.4 is 0 Å². The summed E-state index contributed by atoms with van der Waals surface area (Å²) in [5.74, 6) is 0.0370. The first-order chi connectivity index (χ1) is 5.79. The van der Waals surface area contributed by atoms with Gasteiger partial charge in [-0.1, -0.05) is 17.7 Å². The minimum absolute atomic E-state index is 0.0370. The summed E-state index contributed by atoms with van der Waals surface area (Å²) in [7, 11) is 0. The van der Waals surface area contributed by atoms with Crippen LogP contribution in [-0.2, 0) is 0 Å². The first-order valence-electron chi connectivity index (χ1n) is 3.63. The Morgan fingerprint density at radius 2 is 2.33 bits per heavy atom. The number of Topliss-reactive ketones (excluding diaryl/α,β-unsaturated/α-hetero) is 1. The smallest absolute Gasteiger partial charge is 0.185 e. The highest BCUT2D eigenvalue weighted by molar-refractivity contribution is 6.49. The number of hydrogen-bond donors (Lipinski definition) is 0. The molecule has 60 valence electrons. The molecule has 1 aliphatic rings. The molecule has 0 amide bonds. The zero-order valence-electron chi connectivity index (χ0n) is 6.25. The van der Waals surface area contributed by atoms with E-state index in [4.69, 9.17) is 11.6 Å². The molecular weight excluding hydrogens is 174 g/mol. The van der Waals surface area contributed by atoms with Gasteiger partial charge in [0.15, 0.2) is 5.78 Å². The van der Waals surface area contributed by atoms with Gasteiger partial charge >= 0.3 is 0 Å². The Bertz CT molecular complexity index is 371. The van der Waals surface area contributed by atoms with Crippen LogP contribution in [0.1, 0.15) is 22.5 Å². The van der Waals surface area contributed by atoms with Gasteiger partial charge in [0, 0.05) is 23.2 Å². The molecule has 0 atom stereocenters. The van der Waals surface area contributed by atoms with Gasteiger partial charge in [0.2, 0.25) is 0 Å². The molecule has 3 heteroatoms. The number of halogens is 1. The fourth-order valence-corrected chi connectivity index (χ4v) is 1.44. The lowest BCUT2D eigenvalue weighted by molar-refractivity contribution is 0.0989. The number of aromatic nitrogens is 1. The second kappa shape index (κ2) is 2.72. The van der Waals surface area contributed by atoms with Gasteiger partial charge in [-0.2, -0.15) is 0 Å². The summed E-state index contributed by atoms with van der Waals surface area (Å²) in [5.41, 5.74) is 1.24. The van der Waals surface area contributed by atoms with Crippen molar-refractivity contribution in [1.29, 1.82) is 0 Å². The first-order valence-corrected chi connectivity index (χ1v) is 4.01. The SMILES string of the molecule is O=C1CC=C(Cl)c2cccnc21. The molecular formula is C9H6ClNO. The third-order valence-electron chi connectivity index (χ3n) is 1.80. The van der Waals surface area contributed by atoms with E-state index in [1.165, 1.54) is 0 Å². The average molecular weight is 180 g/mol. The fraction of sp³-hybridized carbons (Fsp3) is 0.111. The Kier molecular flexibility index (Phi) is 1.70. The van der Waals surface area contributed by atoms with E-state index in [1.54, 1.807) is 24.4 Å². The van der Waals surface area contributed by atoms with Crippen LogP contribution in [0, 0.1) is 0 Å². The first kappa shape index (κ1) is 7.50. The molecule has 12 heavy (non-hydrogen) atoms. The van der Waals surface area contributed by atoms with Crippen molar-refractivity contribution in [3.63, 3.8) is 0 Å². The maximum Gasteiger partial charge on any atom is 0.185 e. The number of rotatable bonds is 0. The summed E-state index contributed by atoms with van der Waals surface area (Å²) < 4.78 is 0. The minimum Gasteiger partial charge on any atom is -0.292 e. The largest absolute Gasteiger partial charge is 0.292 e. The van der Waals surface area contributed by atoms with Crippen molar-refractivity contribution in [1.82, 2.24) is 4.98 Å². The van der Waals surface area contributed by atoms with Crippen LogP contribution in [0.15, 0.2) is 24.4 Å². The molecule has 0 radical (unpaired) electrons. The van der Waals surface area contributed by atoms with Crippen LogP contribution in [0.5, 0.6) is 0 Å². The molecule has 0 aliphatic heterocycles. The van der Waals surface area contributed by atoms with Crippen molar-refractivity contribution in [3.05, 3.63) is 35.7 Å². The standard InChI is InChI=1S/C9H6ClNO/c10-7-3-4-8(12)9-6(7)2-1-5-11-9/h1-3,5H,4H2. The number of fused-ring (bicyclic) bond motifs is 1. The van der Waals surface area contributed by atoms with Crippen molar-refractivity contribution < 1.29 is 4.79 Å². The molecule has 1 heterocycles. The second-order valence-corrected chi connectivity index (χ2v) is 2.99. The number of hydrogen-bond acceptors (Lipinski definition) is 2. The predicted octanol–water partition coefficient (Wildman–Crippen LogP) is 2.25. The van der Waals surface area contributed by atoms with E-state index in [9.17, 15) is 4.79 Å². The van der Waals surface area contributed by atoms with Gasteiger partial charge in [0.25, 0.3) is 0 Å². The summed E-state index contributed by atoms with van der Waals surface area (Å²) >= 11 is 5.88. The number of allylic oxidation sites excluding steroid dienone is 1. The third-order valence-corrected chi connectivity index (χ3v) is 2.15. The summed E-state index contributed by atoms with van der Waals surface area (Å²) in [5, 5.41) is 0.623. The van der Waals surface area contributed by atoms with Crippen molar-refractivity contribution in [2.45, 2.75) is 6.42 Å². The Balaban J connectivity index is 2.66. The Labute approximate surface area is 74.9 Å². The predicted molar refractivity (Wildman–Crippen MR) is 47.0 cm³/mol. The Morgan fingerprint density at radius 3 is 3.08 bits per heavy atom. The molecule has 0 fully saturated rings. The van der Waals surface area contributed by atoms with E-state index in [2.05, 4.69) is 4.98 Å². The normalized spacial score (nSPS) is 15.4. The molecule has 1 aromatic heterocycles. The number of pyridine rings is 1. The van der Waals surface area contributed by atoms with Crippen molar-refractivity contribution in [3.8, 4) is 0 Å². The molecule has 0 saturated carbocycles. The van der Waals surface area contributed by atoms with Gasteiger partial charge in [0.1, 0.15) is 5.69 Å². The number of carbonyl (C=O) groups excluding carboxylic acids is 1. The van der Waals surface area contributed by atoms with Crippen LogP contribution in [0.4, 0.5) is 0 Å². The van der Waals surface area contributed by atoms with Gasteiger partial charge in [-0.05, 0) is 12.1 Å². The highest BCUT2D eigenvalue weighted by Gasteiger charge is 2.17. The zero-order chi connectivity index (χ0) is 8.55. The number of carbonyl (C=O) groups is 1. The second-order valence-electron chi connectivity index (χ2n) is 2.58. The molecule has 0 N–H and O–H groups in total. The van der Waals surface area contributed by atoms with Crippen LogP contribution in [0.2, 0.25) is 0 Å². The summed E-state index contributed by atoms with van der Waals surface area (Å²) in [4.78, 5) is 15.2. The van der Waals surface area contributed by atoms with Crippen LogP contribution >= 0.6 is 11.6 Å². The maximum atomic E-state index is 11.3. The Morgan fingerprint density at radius 1 is 1.50 bits per heavy atom. The molecule has 2 nitrogen and oxygen atoms in total. The topological polar surface area (TPSA) is 30.0 Å².